The normalized spacial score (nSPS) is 20.1. The molecule has 172 valence electrons. The molecule has 5 rings (SSSR count). The first-order valence-corrected chi connectivity index (χ1v) is 12.3. The molecule has 0 radical (unpaired) electrons. The van der Waals surface area contributed by atoms with Crippen LogP contribution in [0.15, 0.2) is 24.3 Å². The van der Waals surface area contributed by atoms with Gasteiger partial charge in [0.15, 0.2) is 5.82 Å². The van der Waals surface area contributed by atoms with Crippen LogP contribution in [0.2, 0.25) is 5.15 Å². The van der Waals surface area contributed by atoms with Gasteiger partial charge < -0.3 is 20.3 Å². The smallest absolute Gasteiger partial charge is 0.163 e. The molecule has 2 aromatic rings. The summed E-state index contributed by atoms with van der Waals surface area (Å²) < 4.78 is 5.45. The first-order valence-electron chi connectivity index (χ1n) is 11.9. The summed E-state index contributed by atoms with van der Waals surface area (Å²) in [6.07, 6.45) is 4.13. The van der Waals surface area contributed by atoms with Gasteiger partial charge in [-0.3, -0.25) is 4.90 Å². The van der Waals surface area contributed by atoms with Gasteiger partial charge in [-0.15, -0.1) is 0 Å². The number of benzene rings is 1. The Labute approximate surface area is 195 Å². The molecule has 0 saturated carbocycles. The van der Waals surface area contributed by atoms with Crippen molar-refractivity contribution in [3.8, 4) is 11.4 Å². The van der Waals surface area contributed by atoms with Crippen LogP contribution in [0, 0.1) is 0 Å². The Morgan fingerprint density at radius 2 is 1.72 bits per heavy atom. The monoisotopic (exact) mass is 456 g/mol. The zero-order chi connectivity index (χ0) is 21.9. The molecule has 0 amide bonds. The molecule has 1 aromatic heterocycles. The predicted molar refractivity (Wildman–Crippen MR) is 130 cm³/mol. The summed E-state index contributed by atoms with van der Waals surface area (Å²) >= 11 is 6.59. The fourth-order valence-electron chi connectivity index (χ4n) is 4.91. The molecule has 0 atom stereocenters. The minimum absolute atomic E-state index is 0.337. The van der Waals surface area contributed by atoms with E-state index in [2.05, 4.69) is 43.9 Å². The molecule has 4 heterocycles. The van der Waals surface area contributed by atoms with Crippen LogP contribution < -0.4 is 15.5 Å². The summed E-state index contributed by atoms with van der Waals surface area (Å²) in [6, 6.07) is 8.89. The largest absolute Gasteiger partial charge is 0.379 e. The highest BCUT2D eigenvalue weighted by molar-refractivity contribution is 6.30. The highest BCUT2D eigenvalue weighted by Crippen LogP contribution is 2.33. The van der Waals surface area contributed by atoms with Gasteiger partial charge in [-0.1, -0.05) is 11.6 Å². The first-order chi connectivity index (χ1) is 15.7. The van der Waals surface area contributed by atoms with Gasteiger partial charge in [0.25, 0.3) is 0 Å². The fraction of sp³-hybridized carbons (Fsp3) is 0.583. The van der Waals surface area contributed by atoms with Crippen LogP contribution in [0.3, 0.4) is 0 Å². The molecule has 1 aromatic carbocycles. The van der Waals surface area contributed by atoms with E-state index in [-0.39, 0.29) is 0 Å². The van der Waals surface area contributed by atoms with Gasteiger partial charge in [0, 0.05) is 68.7 Å². The van der Waals surface area contributed by atoms with E-state index in [1.807, 2.05) is 0 Å². The Bertz CT molecular complexity index is 909. The highest BCUT2D eigenvalue weighted by Gasteiger charge is 2.25. The zero-order valence-corrected chi connectivity index (χ0v) is 19.4. The summed E-state index contributed by atoms with van der Waals surface area (Å²) in [7, 11) is 0. The van der Waals surface area contributed by atoms with Gasteiger partial charge in [-0.2, -0.15) is 0 Å². The lowest BCUT2D eigenvalue weighted by Crippen LogP contribution is -2.39. The van der Waals surface area contributed by atoms with Crippen LogP contribution in [-0.2, 0) is 11.2 Å². The van der Waals surface area contributed by atoms with Crippen molar-refractivity contribution in [3.63, 3.8) is 0 Å². The molecular weight excluding hydrogens is 424 g/mol. The number of morpholine rings is 1. The molecule has 0 bridgehead atoms. The van der Waals surface area contributed by atoms with Gasteiger partial charge in [0.05, 0.1) is 13.2 Å². The van der Waals surface area contributed by atoms with Crippen molar-refractivity contribution in [1.29, 1.82) is 0 Å². The SMILES string of the molecule is NC1CCN(c2ccc(-c3nc(Cl)c4c(n3)N(CCCN3CCOCC3)CC4)cc2)CC1. The summed E-state index contributed by atoms with van der Waals surface area (Å²) in [4.78, 5) is 16.8. The third kappa shape index (κ3) is 4.86. The Balaban J connectivity index is 1.26. The quantitative estimate of drug-likeness (QED) is 0.670. The molecule has 0 aliphatic carbocycles. The lowest BCUT2D eigenvalue weighted by Gasteiger charge is -2.32. The second-order valence-electron chi connectivity index (χ2n) is 9.06. The number of aromatic nitrogens is 2. The lowest BCUT2D eigenvalue weighted by molar-refractivity contribution is 0.0376. The van der Waals surface area contributed by atoms with E-state index in [0.717, 1.165) is 102 Å². The van der Waals surface area contributed by atoms with Crippen LogP contribution in [0.4, 0.5) is 11.5 Å². The van der Waals surface area contributed by atoms with E-state index in [1.54, 1.807) is 0 Å². The Hall–Kier alpha value is -1.93. The van der Waals surface area contributed by atoms with Gasteiger partial charge in [0.2, 0.25) is 0 Å². The number of anilines is 2. The van der Waals surface area contributed by atoms with Crippen molar-refractivity contribution in [1.82, 2.24) is 14.9 Å². The third-order valence-corrected chi connectivity index (χ3v) is 7.22. The second kappa shape index (κ2) is 9.91. The summed E-state index contributed by atoms with van der Waals surface area (Å²) in [6.45, 7) is 8.86. The molecule has 7 nitrogen and oxygen atoms in total. The van der Waals surface area contributed by atoms with Crippen molar-refractivity contribution in [2.75, 3.05) is 68.8 Å². The first kappa shape index (κ1) is 21.9. The van der Waals surface area contributed by atoms with Crippen molar-refractivity contribution >= 4 is 23.1 Å². The average molecular weight is 457 g/mol. The molecule has 8 heteroatoms. The molecule has 0 spiro atoms. The number of hydrogen-bond donors (Lipinski definition) is 1. The summed E-state index contributed by atoms with van der Waals surface area (Å²) in [5, 5.41) is 0.592. The van der Waals surface area contributed by atoms with Crippen molar-refractivity contribution in [3.05, 3.63) is 35.0 Å². The molecule has 2 fully saturated rings. The minimum atomic E-state index is 0.337. The number of ether oxygens (including phenoxy) is 1. The second-order valence-corrected chi connectivity index (χ2v) is 9.41. The van der Waals surface area contributed by atoms with E-state index in [0.29, 0.717) is 17.0 Å². The third-order valence-electron chi connectivity index (χ3n) is 6.90. The standard InChI is InChI=1S/C24H33ClN6O/c25-22-21-8-13-31(10-1-9-29-14-16-32-17-15-29)24(21)28-23(27-22)18-2-4-20(5-3-18)30-11-6-19(26)7-12-30/h2-5,19H,1,6-17,26H2. The van der Waals surface area contributed by atoms with Gasteiger partial charge in [0.1, 0.15) is 11.0 Å². The van der Waals surface area contributed by atoms with Crippen LogP contribution in [0.5, 0.6) is 0 Å². The Kier molecular flexibility index (Phi) is 6.78. The van der Waals surface area contributed by atoms with Crippen LogP contribution in [-0.4, -0.2) is 79.9 Å². The Morgan fingerprint density at radius 1 is 0.969 bits per heavy atom. The van der Waals surface area contributed by atoms with E-state index >= 15 is 0 Å². The fourth-order valence-corrected chi connectivity index (χ4v) is 5.17. The average Bonchev–Trinajstić information content (AvgIpc) is 3.24. The maximum absolute atomic E-state index is 6.59. The molecule has 3 aliphatic heterocycles. The van der Waals surface area contributed by atoms with E-state index in [9.17, 15) is 0 Å². The number of rotatable bonds is 6. The van der Waals surface area contributed by atoms with E-state index < -0.39 is 0 Å². The van der Waals surface area contributed by atoms with Crippen molar-refractivity contribution in [2.45, 2.75) is 31.7 Å². The number of nitrogens with two attached hydrogens (primary N) is 1. The predicted octanol–water partition coefficient (Wildman–Crippen LogP) is 2.81. The number of halogens is 1. The maximum atomic E-state index is 6.59. The molecular formula is C24H33ClN6O. The molecule has 3 aliphatic rings. The van der Waals surface area contributed by atoms with Crippen LogP contribution >= 0.6 is 11.6 Å². The van der Waals surface area contributed by atoms with Crippen LogP contribution in [0.1, 0.15) is 24.8 Å². The van der Waals surface area contributed by atoms with Gasteiger partial charge in [-0.05, 0) is 49.9 Å². The summed E-state index contributed by atoms with van der Waals surface area (Å²) in [5.74, 6) is 1.72. The van der Waals surface area contributed by atoms with Gasteiger partial charge >= 0.3 is 0 Å². The molecule has 32 heavy (non-hydrogen) atoms. The zero-order valence-electron chi connectivity index (χ0n) is 18.7. The van der Waals surface area contributed by atoms with E-state index in [1.165, 1.54) is 5.69 Å². The maximum Gasteiger partial charge on any atom is 0.163 e. The number of hydrogen-bond acceptors (Lipinski definition) is 7. The topological polar surface area (TPSA) is 70.8 Å². The van der Waals surface area contributed by atoms with Crippen molar-refractivity contribution < 1.29 is 4.74 Å². The lowest BCUT2D eigenvalue weighted by atomic mass is 10.0. The van der Waals surface area contributed by atoms with Crippen molar-refractivity contribution in [2.24, 2.45) is 5.73 Å². The van der Waals surface area contributed by atoms with Crippen LogP contribution in [0.25, 0.3) is 11.4 Å². The number of fused-ring (bicyclic) bond motifs is 1. The highest BCUT2D eigenvalue weighted by atomic mass is 35.5. The van der Waals surface area contributed by atoms with E-state index in [4.69, 9.17) is 27.1 Å². The molecule has 2 N–H and O–H groups in total. The minimum Gasteiger partial charge on any atom is -0.379 e. The molecule has 0 unspecified atom stereocenters. The number of piperidine rings is 1. The Morgan fingerprint density at radius 3 is 2.47 bits per heavy atom. The number of nitrogens with zero attached hydrogens (tertiary/aromatic N) is 5. The summed E-state index contributed by atoms with van der Waals surface area (Å²) in [5.41, 5.74) is 9.37. The molecule has 2 saturated heterocycles. The van der Waals surface area contributed by atoms with Gasteiger partial charge in [-0.25, -0.2) is 9.97 Å².